The molecule has 1 N–H and O–H groups in total. The van der Waals surface area contributed by atoms with E-state index < -0.39 is 0 Å². The van der Waals surface area contributed by atoms with Crippen LogP contribution in [0.3, 0.4) is 0 Å². The molecule has 2 rings (SSSR count). The fourth-order valence-corrected chi connectivity index (χ4v) is 2.28. The smallest absolute Gasteiger partial charge is 0.213 e. The normalized spacial score (nSPS) is 10.5. The van der Waals surface area contributed by atoms with E-state index in [1.54, 1.807) is 6.20 Å². The molecule has 0 amide bonds. The number of anilines is 1. The van der Waals surface area contributed by atoms with Gasteiger partial charge in [-0.05, 0) is 45.6 Å². The number of ether oxygens (including phenoxy) is 1. The van der Waals surface area contributed by atoms with Gasteiger partial charge in [0.15, 0.2) is 0 Å². The molecule has 0 spiro atoms. The molecule has 6 heteroatoms. The van der Waals surface area contributed by atoms with Gasteiger partial charge in [-0.3, -0.25) is 4.98 Å². The van der Waals surface area contributed by atoms with Gasteiger partial charge in [0.25, 0.3) is 0 Å². The molecule has 0 aromatic carbocycles. The molecule has 0 saturated heterocycles. The van der Waals surface area contributed by atoms with E-state index in [0.29, 0.717) is 24.6 Å². The molecule has 2 heterocycles. The summed E-state index contributed by atoms with van der Waals surface area (Å²) in [5, 5.41) is 12.6. The average Bonchev–Trinajstić information content (AvgIpc) is 2.52. The first-order chi connectivity index (χ1) is 11.5. The molecule has 126 valence electrons. The van der Waals surface area contributed by atoms with Crippen molar-refractivity contribution in [2.45, 2.75) is 20.4 Å². The molecular weight excluding hydrogens is 302 g/mol. The quantitative estimate of drug-likeness (QED) is 0.843. The van der Waals surface area contributed by atoms with Gasteiger partial charge in [-0.1, -0.05) is 0 Å². The first-order valence-corrected chi connectivity index (χ1v) is 7.84. The zero-order chi connectivity index (χ0) is 17.5. The van der Waals surface area contributed by atoms with Gasteiger partial charge in [0, 0.05) is 31.0 Å². The molecule has 0 fully saturated rings. The number of nitriles is 1. The monoisotopic (exact) mass is 325 g/mol. The molecular formula is C18H23N5O. The van der Waals surface area contributed by atoms with E-state index in [4.69, 9.17) is 4.74 Å². The van der Waals surface area contributed by atoms with Gasteiger partial charge in [-0.25, -0.2) is 4.98 Å². The third-order valence-corrected chi connectivity index (χ3v) is 3.51. The maximum absolute atomic E-state index is 9.31. The summed E-state index contributed by atoms with van der Waals surface area (Å²) in [6.45, 7) is 5.79. The van der Waals surface area contributed by atoms with Gasteiger partial charge < -0.3 is 15.0 Å². The van der Waals surface area contributed by atoms with E-state index in [9.17, 15) is 5.26 Å². The SMILES string of the molecule is Cc1cc(NCc2ccnc(OCCN(C)C)c2)c(C#N)c(C)n1. The molecule has 0 aliphatic carbocycles. The maximum atomic E-state index is 9.31. The fourth-order valence-electron chi connectivity index (χ4n) is 2.28. The van der Waals surface area contributed by atoms with E-state index in [2.05, 4.69) is 26.3 Å². The Balaban J connectivity index is 2.04. The van der Waals surface area contributed by atoms with Crippen LogP contribution in [0.5, 0.6) is 5.88 Å². The number of nitrogens with one attached hydrogen (secondary N) is 1. The third-order valence-electron chi connectivity index (χ3n) is 3.51. The van der Waals surface area contributed by atoms with Gasteiger partial charge in [-0.2, -0.15) is 5.26 Å². The van der Waals surface area contributed by atoms with Gasteiger partial charge in [0.05, 0.1) is 16.9 Å². The lowest BCUT2D eigenvalue weighted by Crippen LogP contribution is -2.19. The summed E-state index contributed by atoms with van der Waals surface area (Å²) in [5.74, 6) is 0.610. The first-order valence-electron chi connectivity index (χ1n) is 7.84. The van der Waals surface area contributed by atoms with E-state index >= 15 is 0 Å². The van der Waals surface area contributed by atoms with Gasteiger partial charge in [-0.15, -0.1) is 0 Å². The highest BCUT2D eigenvalue weighted by molar-refractivity contribution is 5.60. The lowest BCUT2D eigenvalue weighted by Gasteiger charge is -2.12. The summed E-state index contributed by atoms with van der Waals surface area (Å²) in [7, 11) is 4.01. The van der Waals surface area contributed by atoms with Gasteiger partial charge in [0.2, 0.25) is 5.88 Å². The second kappa shape index (κ2) is 8.27. The molecule has 0 radical (unpaired) electrons. The van der Waals surface area contributed by atoms with Crippen LogP contribution in [0, 0.1) is 25.2 Å². The predicted octanol–water partition coefficient (Wildman–Crippen LogP) is 2.52. The minimum Gasteiger partial charge on any atom is -0.476 e. The zero-order valence-electron chi connectivity index (χ0n) is 14.6. The zero-order valence-corrected chi connectivity index (χ0v) is 14.6. The number of pyridine rings is 2. The summed E-state index contributed by atoms with van der Waals surface area (Å²) < 4.78 is 5.65. The molecule has 0 atom stereocenters. The lowest BCUT2D eigenvalue weighted by molar-refractivity contribution is 0.253. The summed E-state index contributed by atoms with van der Waals surface area (Å²) in [5.41, 5.74) is 4.05. The molecule has 0 saturated carbocycles. The van der Waals surface area contributed by atoms with Crippen LogP contribution >= 0.6 is 0 Å². The number of hydrogen-bond acceptors (Lipinski definition) is 6. The number of likely N-dealkylation sites (N-methyl/N-ethyl adjacent to an activating group) is 1. The topological polar surface area (TPSA) is 74.1 Å². The Morgan fingerprint density at radius 3 is 2.79 bits per heavy atom. The Morgan fingerprint density at radius 2 is 2.08 bits per heavy atom. The standard InChI is InChI=1S/C18H23N5O/c1-13-9-17(16(11-19)14(2)22-13)21-12-15-5-6-20-18(10-15)24-8-7-23(3)4/h5-6,9-10H,7-8,12H2,1-4H3,(H,21,22). The highest BCUT2D eigenvalue weighted by Gasteiger charge is 2.08. The molecule has 6 nitrogen and oxygen atoms in total. The van der Waals surface area contributed by atoms with E-state index in [-0.39, 0.29) is 0 Å². The minimum atomic E-state index is 0.581. The number of nitrogens with zero attached hydrogens (tertiary/aromatic N) is 4. The van der Waals surface area contributed by atoms with Crippen LogP contribution in [0.15, 0.2) is 24.4 Å². The molecule has 0 unspecified atom stereocenters. The van der Waals surface area contributed by atoms with Crippen molar-refractivity contribution >= 4 is 5.69 Å². The molecule has 0 aliphatic rings. The number of hydrogen-bond donors (Lipinski definition) is 1. The van der Waals surface area contributed by atoms with Crippen molar-refractivity contribution < 1.29 is 4.74 Å². The third kappa shape index (κ3) is 4.93. The number of rotatable bonds is 7. The summed E-state index contributed by atoms with van der Waals surface area (Å²) in [6, 6.07) is 7.94. The van der Waals surface area contributed by atoms with Crippen LogP contribution < -0.4 is 10.1 Å². The first kappa shape index (κ1) is 17.7. The van der Waals surface area contributed by atoms with Crippen molar-refractivity contribution in [1.29, 1.82) is 5.26 Å². The molecule has 2 aromatic rings. The van der Waals surface area contributed by atoms with Crippen LogP contribution in [-0.2, 0) is 6.54 Å². The van der Waals surface area contributed by atoms with Crippen LogP contribution in [0.2, 0.25) is 0 Å². The Bertz CT molecular complexity index is 737. The van der Waals surface area contributed by atoms with E-state index in [1.165, 1.54) is 0 Å². The minimum absolute atomic E-state index is 0.581. The Labute approximate surface area is 143 Å². The number of aryl methyl sites for hydroxylation is 2. The van der Waals surface area contributed by atoms with Crippen molar-refractivity contribution in [2.75, 3.05) is 32.6 Å². The maximum Gasteiger partial charge on any atom is 0.213 e. The van der Waals surface area contributed by atoms with Gasteiger partial charge in [0.1, 0.15) is 12.7 Å². The molecule has 0 bridgehead atoms. The summed E-state index contributed by atoms with van der Waals surface area (Å²) >= 11 is 0. The van der Waals surface area contributed by atoms with Crippen molar-refractivity contribution in [3.8, 4) is 11.9 Å². The fraction of sp³-hybridized carbons (Fsp3) is 0.389. The Hall–Kier alpha value is -2.65. The summed E-state index contributed by atoms with van der Waals surface area (Å²) in [4.78, 5) is 10.6. The Kier molecular flexibility index (Phi) is 6.10. The van der Waals surface area contributed by atoms with E-state index in [0.717, 1.165) is 29.2 Å². The molecule has 0 aliphatic heterocycles. The van der Waals surface area contributed by atoms with Gasteiger partial charge >= 0.3 is 0 Å². The highest BCUT2D eigenvalue weighted by Crippen LogP contribution is 2.20. The van der Waals surface area contributed by atoms with Crippen LogP contribution in [-0.4, -0.2) is 42.1 Å². The second-order valence-corrected chi connectivity index (χ2v) is 5.89. The van der Waals surface area contributed by atoms with Crippen LogP contribution in [0.4, 0.5) is 5.69 Å². The second-order valence-electron chi connectivity index (χ2n) is 5.89. The van der Waals surface area contributed by atoms with Crippen LogP contribution in [0.1, 0.15) is 22.5 Å². The van der Waals surface area contributed by atoms with Crippen molar-refractivity contribution in [3.05, 3.63) is 46.9 Å². The Morgan fingerprint density at radius 1 is 1.29 bits per heavy atom. The average molecular weight is 325 g/mol. The predicted molar refractivity (Wildman–Crippen MR) is 94.0 cm³/mol. The van der Waals surface area contributed by atoms with Crippen molar-refractivity contribution in [1.82, 2.24) is 14.9 Å². The molecule has 24 heavy (non-hydrogen) atoms. The largest absolute Gasteiger partial charge is 0.476 e. The van der Waals surface area contributed by atoms with E-state index in [1.807, 2.05) is 46.1 Å². The van der Waals surface area contributed by atoms with Crippen molar-refractivity contribution in [3.63, 3.8) is 0 Å². The highest BCUT2D eigenvalue weighted by atomic mass is 16.5. The van der Waals surface area contributed by atoms with Crippen LogP contribution in [0.25, 0.3) is 0 Å². The summed E-state index contributed by atoms with van der Waals surface area (Å²) in [6.07, 6.45) is 1.73. The number of aromatic nitrogens is 2. The van der Waals surface area contributed by atoms with Crippen molar-refractivity contribution in [2.24, 2.45) is 0 Å². The molecule has 2 aromatic heterocycles. The lowest BCUT2D eigenvalue weighted by atomic mass is 10.1.